The van der Waals surface area contributed by atoms with Gasteiger partial charge in [0.05, 0.1) is 18.6 Å². The van der Waals surface area contributed by atoms with Crippen molar-refractivity contribution in [3.63, 3.8) is 0 Å². The summed E-state index contributed by atoms with van der Waals surface area (Å²) in [6, 6.07) is 0. The molecule has 0 aliphatic carbocycles. The predicted molar refractivity (Wildman–Crippen MR) is 34.7 cm³/mol. The summed E-state index contributed by atoms with van der Waals surface area (Å²) < 4.78 is 13.9. The molecule has 0 saturated heterocycles. The van der Waals surface area contributed by atoms with E-state index in [1.54, 1.807) is 0 Å². The number of halogens is 1. The van der Waals surface area contributed by atoms with Crippen molar-refractivity contribution in [3.05, 3.63) is 0 Å². The van der Waals surface area contributed by atoms with Crippen molar-refractivity contribution >= 4 is 19.4 Å². The number of aliphatic hydroxyl groups is 1. The summed E-state index contributed by atoms with van der Waals surface area (Å²) >= 11 is 5.10. The van der Waals surface area contributed by atoms with Crippen LogP contribution in [0.1, 0.15) is 0 Å². The highest BCUT2D eigenvalue weighted by atomic mass is 35.5. The summed E-state index contributed by atoms with van der Waals surface area (Å²) in [6.07, 6.45) is -1.03. The Morgan fingerprint density at radius 1 is 1.60 bits per heavy atom. The molecular weight excluding hydrogens is 182 g/mol. The molecule has 0 saturated carbocycles. The first-order valence-electron chi connectivity index (χ1n) is 2.40. The van der Waals surface area contributed by atoms with Crippen LogP contribution in [-0.2, 0) is 9.09 Å². The highest BCUT2D eigenvalue weighted by Gasteiger charge is 2.15. The van der Waals surface area contributed by atoms with Crippen molar-refractivity contribution in [2.75, 3.05) is 12.5 Å². The summed E-state index contributed by atoms with van der Waals surface area (Å²) in [5.74, 6) is -0.111. The Balaban J connectivity index is 3.46. The van der Waals surface area contributed by atoms with Gasteiger partial charge in [-0.25, -0.2) is 4.57 Å². The van der Waals surface area contributed by atoms with Crippen LogP contribution in [0.15, 0.2) is 0 Å². The monoisotopic (exact) mass is 190 g/mol. The first-order valence-corrected chi connectivity index (χ1v) is 4.46. The van der Waals surface area contributed by atoms with Gasteiger partial charge in [0, 0.05) is 0 Å². The van der Waals surface area contributed by atoms with Crippen LogP contribution in [-0.4, -0.2) is 33.5 Å². The minimum Gasteiger partial charge on any atom is -0.389 e. The van der Waals surface area contributed by atoms with Gasteiger partial charge in [0.25, 0.3) is 0 Å². The molecule has 0 aliphatic rings. The van der Waals surface area contributed by atoms with Gasteiger partial charge in [0.15, 0.2) is 0 Å². The number of phosphoric acid groups is 1. The van der Waals surface area contributed by atoms with E-state index < -0.39 is 20.5 Å². The van der Waals surface area contributed by atoms with Crippen LogP contribution in [0, 0.1) is 0 Å². The average molecular weight is 191 g/mol. The highest BCUT2D eigenvalue weighted by molar-refractivity contribution is 7.46. The number of aliphatic hydroxyl groups excluding tert-OH is 1. The Kier molecular flexibility index (Phi) is 4.44. The van der Waals surface area contributed by atoms with Crippen molar-refractivity contribution in [2.24, 2.45) is 0 Å². The molecule has 0 bridgehead atoms. The number of hydrogen-bond donors (Lipinski definition) is 3. The third-order valence-electron chi connectivity index (χ3n) is 0.613. The maximum atomic E-state index is 9.97. The third kappa shape index (κ3) is 6.48. The molecule has 1 atom stereocenters. The van der Waals surface area contributed by atoms with E-state index in [-0.39, 0.29) is 5.88 Å². The van der Waals surface area contributed by atoms with E-state index in [1.807, 2.05) is 0 Å². The molecule has 0 amide bonds. The Hall–Kier alpha value is 0.360. The van der Waals surface area contributed by atoms with Crippen molar-refractivity contribution in [2.45, 2.75) is 6.10 Å². The van der Waals surface area contributed by atoms with Gasteiger partial charge in [-0.2, -0.15) is 0 Å². The lowest BCUT2D eigenvalue weighted by Gasteiger charge is -2.07. The molecule has 0 aromatic heterocycles. The Morgan fingerprint density at radius 3 is 2.40 bits per heavy atom. The van der Waals surface area contributed by atoms with Crippen LogP contribution in [0.5, 0.6) is 0 Å². The summed E-state index contributed by atoms with van der Waals surface area (Å²) in [5.41, 5.74) is 0. The fourth-order valence-corrected chi connectivity index (χ4v) is 0.683. The summed E-state index contributed by atoms with van der Waals surface area (Å²) in [7, 11) is -4.45. The molecule has 0 aromatic carbocycles. The van der Waals surface area contributed by atoms with Gasteiger partial charge in [-0.05, 0) is 0 Å². The average Bonchev–Trinajstić information content (AvgIpc) is 1.81. The van der Waals surface area contributed by atoms with E-state index in [0.29, 0.717) is 0 Å². The van der Waals surface area contributed by atoms with E-state index in [1.165, 1.54) is 0 Å². The van der Waals surface area contributed by atoms with E-state index in [9.17, 15) is 4.57 Å². The zero-order chi connectivity index (χ0) is 8.20. The SMILES string of the molecule is O=P(O)(O)OC[C@H](O)CCl. The second-order valence-corrected chi connectivity index (χ2v) is 3.14. The van der Waals surface area contributed by atoms with Gasteiger partial charge in [0.1, 0.15) is 0 Å². The van der Waals surface area contributed by atoms with Crippen molar-refractivity contribution in [1.82, 2.24) is 0 Å². The van der Waals surface area contributed by atoms with Crippen molar-refractivity contribution < 1.29 is 24.0 Å². The van der Waals surface area contributed by atoms with Gasteiger partial charge in [-0.15, -0.1) is 11.6 Å². The van der Waals surface area contributed by atoms with Gasteiger partial charge >= 0.3 is 7.82 Å². The molecule has 0 aromatic rings. The van der Waals surface area contributed by atoms with Crippen LogP contribution < -0.4 is 0 Å². The summed E-state index contributed by atoms with van der Waals surface area (Å²) in [5, 5.41) is 8.62. The fourth-order valence-electron chi connectivity index (χ4n) is 0.228. The van der Waals surface area contributed by atoms with Gasteiger partial charge in [0.2, 0.25) is 0 Å². The molecule has 0 aliphatic heterocycles. The zero-order valence-electron chi connectivity index (χ0n) is 4.97. The quantitative estimate of drug-likeness (QED) is 0.418. The summed E-state index contributed by atoms with van der Waals surface area (Å²) in [6.45, 7) is -0.451. The normalized spacial score (nSPS) is 15.2. The molecule has 0 rings (SSSR count). The number of alkyl halides is 1. The first-order chi connectivity index (χ1) is 4.45. The number of hydrogen-bond acceptors (Lipinski definition) is 3. The van der Waals surface area contributed by atoms with Gasteiger partial charge in [-0.3, -0.25) is 4.52 Å². The molecule has 0 fully saturated rings. The molecule has 0 unspecified atom stereocenters. The van der Waals surface area contributed by atoms with Gasteiger partial charge < -0.3 is 14.9 Å². The maximum Gasteiger partial charge on any atom is 0.469 e. The van der Waals surface area contributed by atoms with Crippen LogP contribution >= 0.6 is 19.4 Å². The molecular formula is C3H8ClO5P. The Bertz CT molecular complexity index is 133. The maximum absolute atomic E-state index is 9.97. The van der Waals surface area contributed by atoms with E-state index in [4.69, 9.17) is 26.5 Å². The number of phosphoric ester groups is 1. The van der Waals surface area contributed by atoms with Crippen LogP contribution in [0.2, 0.25) is 0 Å². The van der Waals surface area contributed by atoms with Crippen LogP contribution in [0.4, 0.5) is 0 Å². The fraction of sp³-hybridized carbons (Fsp3) is 1.00. The molecule has 0 spiro atoms. The minimum atomic E-state index is -4.45. The van der Waals surface area contributed by atoms with E-state index in [0.717, 1.165) is 0 Å². The van der Waals surface area contributed by atoms with Crippen molar-refractivity contribution in [3.8, 4) is 0 Å². The van der Waals surface area contributed by atoms with E-state index in [2.05, 4.69) is 4.52 Å². The lowest BCUT2D eigenvalue weighted by molar-refractivity contribution is 0.0989. The lowest BCUT2D eigenvalue weighted by atomic mass is 10.4. The molecule has 62 valence electrons. The summed E-state index contributed by atoms with van der Waals surface area (Å²) in [4.78, 5) is 16.2. The lowest BCUT2D eigenvalue weighted by Crippen LogP contribution is -2.15. The number of rotatable bonds is 4. The molecule has 0 radical (unpaired) electrons. The van der Waals surface area contributed by atoms with Gasteiger partial charge in [-0.1, -0.05) is 0 Å². The van der Waals surface area contributed by atoms with Crippen LogP contribution in [0.3, 0.4) is 0 Å². The second-order valence-electron chi connectivity index (χ2n) is 1.59. The molecule has 10 heavy (non-hydrogen) atoms. The molecule has 7 heteroatoms. The topological polar surface area (TPSA) is 87.0 Å². The Labute approximate surface area is 62.8 Å². The van der Waals surface area contributed by atoms with Crippen molar-refractivity contribution in [1.29, 1.82) is 0 Å². The molecule has 0 heterocycles. The standard InChI is InChI=1S/C3H8ClO5P/c4-1-3(5)2-9-10(6,7)8/h3,5H,1-2H2,(H2,6,7,8)/t3-/m1/s1. The zero-order valence-corrected chi connectivity index (χ0v) is 6.63. The Morgan fingerprint density at radius 2 is 2.10 bits per heavy atom. The second kappa shape index (κ2) is 4.28. The predicted octanol–water partition coefficient (Wildman–Crippen LogP) is -0.305. The molecule has 5 nitrogen and oxygen atoms in total. The molecule has 3 N–H and O–H groups in total. The highest BCUT2D eigenvalue weighted by Crippen LogP contribution is 2.35. The first kappa shape index (κ1) is 10.4. The third-order valence-corrected chi connectivity index (χ3v) is 1.45. The minimum absolute atomic E-state index is 0.111. The largest absolute Gasteiger partial charge is 0.469 e. The van der Waals surface area contributed by atoms with E-state index >= 15 is 0 Å². The van der Waals surface area contributed by atoms with Crippen LogP contribution in [0.25, 0.3) is 0 Å². The smallest absolute Gasteiger partial charge is 0.389 e.